The van der Waals surface area contributed by atoms with Crippen LogP contribution in [0.2, 0.25) is 0 Å². The number of rotatable bonds is 4. The molecule has 15 heavy (non-hydrogen) atoms. The van der Waals surface area contributed by atoms with E-state index in [1.165, 1.54) is 6.42 Å². The summed E-state index contributed by atoms with van der Waals surface area (Å²) in [4.78, 5) is 11.6. The molecule has 90 valence electrons. The van der Waals surface area contributed by atoms with E-state index >= 15 is 0 Å². The summed E-state index contributed by atoms with van der Waals surface area (Å²) in [6.45, 7) is 5.05. The van der Waals surface area contributed by atoms with Gasteiger partial charge in [-0.1, -0.05) is 27.7 Å². The Morgan fingerprint density at radius 1 is 1.40 bits per heavy atom. The van der Waals surface area contributed by atoms with Gasteiger partial charge in [-0.2, -0.15) is 0 Å². The predicted molar refractivity (Wildman–Crippen MR) is 62.8 cm³/mol. The summed E-state index contributed by atoms with van der Waals surface area (Å²) in [5, 5.41) is 3.20. The quantitative estimate of drug-likeness (QED) is 0.732. The second-order valence-corrected chi connectivity index (χ2v) is 3.88. The van der Waals surface area contributed by atoms with Gasteiger partial charge in [-0.15, -0.1) is 0 Å². The Morgan fingerprint density at radius 3 is 2.53 bits per heavy atom. The molecule has 1 atom stereocenters. The molecular weight excluding hydrogens is 190 g/mol. The summed E-state index contributed by atoms with van der Waals surface area (Å²) in [7, 11) is 0. The molecule has 1 aliphatic heterocycles. The molecule has 0 radical (unpaired) electrons. The minimum atomic E-state index is -0.0570. The SMILES string of the molecule is C.CCC(CC)OC(=O)[C@@H]1CCCCN1. The van der Waals surface area contributed by atoms with Crippen LogP contribution >= 0.6 is 0 Å². The van der Waals surface area contributed by atoms with E-state index in [1.54, 1.807) is 0 Å². The summed E-state index contributed by atoms with van der Waals surface area (Å²) in [5.41, 5.74) is 0. The van der Waals surface area contributed by atoms with E-state index in [4.69, 9.17) is 4.74 Å². The molecule has 1 saturated heterocycles. The summed E-state index contributed by atoms with van der Waals surface area (Å²) in [5.74, 6) is -0.0570. The van der Waals surface area contributed by atoms with Gasteiger partial charge in [0.15, 0.2) is 0 Å². The van der Waals surface area contributed by atoms with Gasteiger partial charge in [0.25, 0.3) is 0 Å². The summed E-state index contributed by atoms with van der Waals surface area (Å²) in [6.07, 6.45) is 5.17. The number of piperidine rings is 1. The van der Waals surface area contributed by atoms with Crippen LogP contribution in [0.3, 0.4) is 0 Å². The molecule has 1 aliphatic rings. The van der Waals surface area contributed by atoms with Crippen LogP contribution in [0.4, 0.5) is 0 Å². The van der Waals surface area contributed by atoms with E-state index < -0.39 is 0 Å². The maximum atomic E-state index is 11.6. The van der Waals surface area contributed by atoms with Gasteiger partial charge in [0.1, 0.15) is 12.1 Å². The molecule has 1 rings (SSSR count). The smallest absolute Gasteiger partial charge is 0.323 e. The molecule has 1 N–H and O–H groups in total. The number of carbonyl (C=O) groups excluding carboxylic acids is 1. The van der Waals surface area contributed by atoms with Gasteiger partial charge >= 0.3 is 5.97 Å². The highest BCUT2D eigenvalue weighted by molar-refractivity contribution is 5.76. The number of hydrogen-bond donors (Lipinski definition) is 1. The van der Waals surface area contributed by atoms with Crippen LogP contribution in [-0.2, 0) is 9.53 Å². The first-order chi connectivity index (χ1) is 6.77. The zero-order valence-electron chi connectivity index (χ0n) is 9.21. The van der Waals surface area contributed by atoms with Crippen molar-refractivity contribution in [3.8, 4) is 0 Å². The Balaban J connectivity index is 0.00000196. The lowest BCUT2D eigenvalue weighted by Crippen LogP contribution is -2.42. The lowest BCUT2D eigenvalue weighted by Gasteiger charge is -2.24. The Labute approximate surface area is 93.6 Å². The third kappa shape index (κ3) is 4.65. The summed E-state index contributed by atoms with van der Waals surface area (Å²) >= 11 is 0. The fourth-order valence-electron chi connectivity index (χ4n) is 1.75. The molecule has 0 aromatic rings. The van der Waals surface area contributed by atoms with Crippen LogP contribution in [0.25, 0.3) is 0 Å². The first-order valence-electron chi connectivity index (χ1n) is 5.71. The van der Waals surface area contributed by atoms with Crippen LogP contribution in [0, 0.1) is 0 Å². The van der Waals surface area contributed by atoms with Gasteiger partial charge in [-0.25, -0.2) is 0 Å². The van der Waals surface area contributed by atoms with Gasteiger partial charge in [0, 0.05) is 0 Å². The monoisotopic (exact) mass is 215 g/mol. The lowest BCUT2D eigenvalue weighted by molar-refractivity contribution is -0.152. The van der Waals surface area contributed by atoms with Crippen molar-refractivity contribution in [2.75, 3.05) is 6.54 Å². The minimum Gasteiger partial charge on any atom is -0.461 e. The average Bonchev–Trinajstić information content (AvgIpc) is 2.26. The molecular formula is C12H25NO2. The average molecular weight is 215 g/mol. The van der Waals surface area contributed by atoms with Crippen molar-refractivity contribution in [2.24, 2.45) is 0 Å². The normalized spacial score (nSPS) is 20.9. The molecule has 0 spiro atoms. The van der Waals surface area contributed by atoms with Crippen molar-refractivity contribution in [1.82, 2.24) is 5.32 Å². The highest BCUT2D eigenvalue weighted by atomic mass is 16.5. The molecule has 3 heteroatoms. The lowest BCUT2D eigenvalue weighted by atomic mass is 10.1. The Morgan fingerprint density at radius 2 is 2.07 bits per heavy atom. The van der Waals surface area contributed by atoms with Crippen LogP contribution in [-0.4, -0.2) is 24.7 Å². The van der Waals surface area contributed by atoms with E-state index in [1.807, 2.05) is 0 Å². The van der Waals surface area contributed by atoms with Gasteiger partial charge in [-0.3, -0.25) is 4.79 Å². The zero-order chi connectivity index (χ0) is 10.4. The molecule has 0 unspecified atom stereocenters. The second kappa shape index (κ2) is 7.69. The fourth-order valence-corrected chi connectivity index (χ4v) is 1.75. The van der Waals surface area contributed by atoms with E-state index in [0.29, 0.717) is 0 Å². The number of nitrogens with one attached hydrogen (secondary N) is 1. The van der Waals surface area contributed by atoms with Crippen molar-refractivity contribution in [3.63, 3.8) is 0 Å². The molecule has 0 aromatic heterocycles. The van der Waals surface area contributed by atoms with Crippen molar-refractivity contribution < 1.29 is 9.53 Å². The zero-order valence-corrected chi connectivity index (χ0v) is 9.21. The first-order valence-corrected chi connectivity index (χ1v) is 5.71. The predicted octanol–water partition coefficient (Wildman–Crippen LogP) is 2.50. The van der Waals surface area contributed by atoms with E-state index in [9.17, 15) is 4.79 Å². The Hall–Kier alpha value is -0.570. The number of ether oxygens (including phenoxy) is 1. The van der Waals surface area contributed by atoms with Gasteiger partial charge < -0.3 is 10.1 Å². The Kier molecular flexibility index (Phi) is 7.39. The number of hydrogen-bond acceptors (Lipinski definition) is 3. The maximum Gasteiger partial charge on any atom is 0.323 e. The van der Waals surface area contributed by atoms with E-state index in [-0.39, 0.29) is 25.5 Å². The highest BCUT2D eigenvalue weighted by Gasteiger charge is 2.23. The van der Waals surface area contributed by atoms with Crippen LogP contribution in [0.5, 0.6) is 0 Å². The standard InChI is InChI=1S/C11H21NO2.CH4/c1-3-9(4-2)14-11(13)10-7-5-6-8-12-10;/h9-10,12H,3-8H2,1-2H3;1H4/t10-;/m0./s1. The second-order valence-electron chi connectivity index (χ2n) is 3.88. The van der Waals surface area contributed by atoms with Crippen LogP contribution in [0.1, 0.15) is 53.4 Å². The van der Waals surface area contributed by atoms with Gasteiger partial charge in [0.05, 0.1) is 0 Å². The highest BCUT2D eigenvalue weighted by Crippen LogP contribution is 2.11. The van der Waals surface area contributed by atoms with Crippen molar-refractivity contribution in [3.05, 3.63) is 0 Å². The number of carbonyl (C=O) groups is 1. The van der Waals surface area contributed by atoms with Crippen molar-refractivity contribution >= 4 is 5.97 Å². The Bertz CT molecular complexity index is 172. The summed E-state index contributed by atoms with van der Waals surface area (Å²) in [6, 6.07) is -0.0515. The van der Waals surface area contributed by atoms with Gasteiger partial charge in [0.2, 0.25) is 0 Å². The molecule has 0 aromatic carbocycles. The first kappa shape index (κ1) is 14.4. The van der Waals surface area contributed by atoms with E-state index in [0.717, 1.165) is 32.2 Å². The third-order valence-electron chi connectivity index (χ3n) is 2.79. The van der Waals surface area contributed by atoms with Crippen LogP contribution in [0.15, 0.2) is 0 Å². The molecule has 0 aliphatic carbocycles. The third-order valence-corrected chi connectivity index (χ3v) is 2.79. The molecule has 0 bridgehead atoms. The summed E-state index contributed by atoms with van der Waals surface area (Å²) < 4.78 is 5.39. The molecule has 0 saturated carbocycles. The largest absolute Gasteiger partial charge is 0.461 e. The number of esters is 1. The van der Waals surface area contributed by atoms with Crippen molar-refractivity contribution in [1.29, 1.82) is 0 Å². The van der Waals surface area contributed by atoms with E-state index in [2.05, 4.69) is 19.2 Å². The molecule has 0 amide bonds. The fraction of sp³-hybridized carbons (Fsp3) is 0.917. The minimum absolute atomic E-state index is 0. The molecule has 1 heterocycles. The topological polar surface area (TPSA) is 38.3 Å². The van der Waals surface area contributed by atoms with Crippen molar-refractivity contribution in [2.45, 2.75) is 65.5 Å². The van der Waals surface area contributed by atoms with Gasteiger partial charge in [-0.05, 0) is 32.2 Å². The van der Waals surface area contributed by atoms with Crippen LogP contribution < -0.4 is 5.32 Å². The molecule has 3 nitrogen and oxygen atoms in total. The molecule has 1 fully saturated rings. The maximum absolute atomic E-state index is 11.6.